The summed E-state index contributed by atoms with van der Waals surface area (Å²) >= 11 is 6.51. The summed E-state index contributed by atoms with van der Waals surface area (Å²) in [5, 5.41) is 0. The van der Waals surface area contributed by atoms with E-state index in [9.17, 15) is 4.79 Å². The summed E-state index contributed by atoms with van der Waals surface area (Å²) in [7, 11) is 0. The Morgan fingerprint density at radius 3 is 2.62 bits per heavy atom. The molecule has 1 amide bonds. The molecular weight excluding hydrogens is 238 g/mol. The Kier molecular flexibility index (Phi) is 3.41. The molecule has 1 fully saturated rings. The third-order valence-electron chi connectivity index (χ3n) is 2.29. The minimum absolute atomic E-state index is 0.0151. The molecule has 0 N–H and O–H groups in total. The molecule has 0 atom stereocenters. The monoisotopic (exact) mass is 249 g/mol. The van der Waals surface area contributed by atoms with Crippen molar-refractivity contribution in [3.63, 3.8) is 0 Å². The van der Waals surface area contributed by atoms with E-state index in [1.807, 2.05) is 43.3 Å². The van der Waals surface area contributed by atoms with Gasteiger partial charge in [-0.3, -0.25) is 9.69 Å². The zero-order valence-electron chi connectivity index (χ0n) is 8.84. The summed E-state index contributed by atoms with van der Waals surface area (Å²) in [5.74, 6) is 0.0151. The Morgan fingerprint density at radius 2 is 2.06 bits per heavy atom. The first-order valence-corrected chi connectivity index (χ1v) is 6.25. The summed E-state index contributed by atoms with van der Waals surface area (Å²) < 4.78 is 0.648. The van der Waals surface area contributed by atoms with Gasteiger partial charge in [-0.1, -0.05) is 54.3 Å². The maximum atomic E-state index is 11.9. The second-order valence-electron chi connectivity index (χ2n) is 3.34. The number of nitrogens with zero attached hydrogens (tertiary/aromatic N) is 1. The van der Waals surface area contributed by atoms with Crippen LogP contribution in [-0.2, 0) is 4.79 Å². The fourth-order valence-electron chi connectivity index (χ4n) is 1.47. The number of hydrogen-bond acceptors (Lipinski definition) is 3. The summed E-state index contributed by atoms with van der Waals surface area (Å²) in [4.78, 5) is 14.2. The highest BCUT2D eigenvalue weighted by atomic mass is 32.2. The third kappa shape index (κ3) is 2.18. The molecule has 16 heavy (non-hydrogen) atoms. The molecule has 0 saturated carbocycles. The molecule has 4 heteroatoms. The third-order valence-corrected chi connectivity index (χ3v) is 3.66. The van der Waals surface area contributed by atoms with Gasteiger partial charge in [0.15, 0.2) is 0 Å². The number of rotatable bonds is 2. The molecule has 0 radical (unpaired) electrons. The first kappa shape index (κ1) is 11.4. The second kappa shape index (κ2) is 4.80. The molecule has 0 aliphatic carbocycles. The Morgan fingerprint density at radius 1 is 1.38 bits per heavy atom. The first-order chi connectivity index (χ1) is 7.72. The Hall–Kier alpha value is -1.13. The van der Waals surface area contributed by atoms with E-state index in [-0.39, 0.29) is 5.91 Å². The van der Waals surface area contributed by atoms with E-state index < -0.39 is 0 Å². The van der Waals surface area contributed by atoms with Crippen molar-refractivity contribution in [3.8, 4) is 0 Å². The van der Waals surface area contributed by atoms with Crippen LogP contribution < -0.4 is 0 Å². The van der Waals surface area contributed by atoms with Gasteiger partial charge < -0.3 is 0 Å². The van der Waals surface area contributed by atoms with Gasteiger partial charge in [-0.25, -0.2) is 0 Å². The van der Waals surface area contributed by atoms with Gasteiger partial charge in [-0.2, -0.15) is 0 Å². The molecule has 1 heterocycles. The zero-order valence-corrected chi connectivity index (χ0v) is 10.5. The first-order valence-electron chi connectivity index (χ1n) is 5.03. The molecule has 1 aliphatic heterocycles. The van der Waals surface area contributed by atoms with E-state index in [1.54, 1.807) is 4.90 Å². The van der Waals surface area contributed by atoms with Crippen molar-refractivity contribution in [1.82, 2.24) is 4.90 Å². The summed E-state index contributed by atoms with van der Waals surface area (Å²) in [6.07, 6.45) is 1.88. The largest absolute Gasteiger partial charge is 0.293 e. The quantitative estimate of drug-likeness (QED) is 0.594. The van der Waals surface area contributed by atoms with Crippen LogP contribution in [0.4, 0.5) is 0 Å². The van der Waals surface area contributed by atoms with Crippen LogP contribution in [0, 0.1) is 0 Å². The lowest BCUT2D eigenvalue weighted by Crippen LogP contribution is -2.27. The van der Waals surface area contributed by atoms with Crippen LogP contribution in [0.15, 0.2) is 35.2 Å². The average molecular weight is 249 g/mol. The van der Waals surface area contributed by atoms with Gasteiger partial charge in [0.05, 0.1) is 4.91 Å². The average Bonchev–Trinajstić information content (AvgIpc) is 2.55. The molecular formula is C12H11NOS2. The Labute approximate surface area is 104 Å². The molecule has 0 bridgehead atoms. The predicted octanol–water partition coefficient (Wildman–Crippen LogP) is 2.91. The predicted molar refractivity (Wildman–Crippen MR) is 72.0 cm³/mol. The number of thiocarbonyl (C=S) groups is 1. The van der Waals surface area contributed by atoms with Crippen LogP contribution in [-0.4, -0.2) is 21.7 Å². The smallest absolute Gasteiger partial charge is 0.266 e. The fourth-order valence-corrected chi connectivity index (χ4v) is 2.86. The van der Waals surface area contributed by atoms with Gasteiger partial charge in [-0.05, 0) is 18.6 Å². The van der Waals surface area contributed by atoms with Gasteiger partial charge in [0.2, 0.25) is 0 Å². The van der Waals surface area contributed by atoms with Crippen LogP contribution in [0.5, 0.6) is 0 Å². The molecule has 0 aromatic heterocycles. The maximum Gasteiger partial charge on any atom is 0.266 e. The molecule has 1 aromatic rings. The number of amides is 1. The highest BCUT2D eigenvalue weighted by molar-refractivity contribution is 8.26. The highest BCUT2D eigenvalue weighted by Crippen LogP contribution is 2.31. The molecule has 1 aliphatic rings. The van der Waals surface area contributed by atoms with Crippen LogP contribution in [0.1, 0.15) is 12.5 Å². The molecule has 1 saturated heterocycles. The topological polar surface area (TPSA) is 20.3 Å². The van der Waals surface area contributed by atoms with Crippen molar-refractivity contribution in [2.45, 2.75) is 6.92 Å². The van der Waals surface area contributed by atoms with Gasteiger partial charge in [0.1, 0.15) is 4.32 Å². The second-order valence-corrected chi connectivity index (χ2v) is 5.01. The van der Waals surface area contributed by atoms with Gasteiger partial charge in [-0.15, -0.1) is 0 Å². The molecule has 0 spiro atoms. The molecule has 2 nitrogen and oxygen atoms in total. The normalized spacial score (nSPS) is 18.6. The van der Waals surface area contributed by atoms with Gasteiger partial charge >= 0.3 is 0 Å². The lowest BCUT2D eigenvalue weighted by molar-refractivity contribution is -0.121. The van der Waals surface area contributed by atoms with E-state index >= 15 is 0 Å². The van der Waals surface area contributed by atoms with E-state index in [4.69, 9.17) is 12.2 Å². The molecule has 1 aromatic carbocycles. The molecule has 0 unspecified atom stereocenters. The SMILES string of the molecule is CCN1C(=O)/C(=C/c2ccccc2)SC1=S. The summed E-state index contributed by atoms with van der Waals surface area (Å²) in [5.41, 5.74) is 1.03. The van der Waals surface area contributed by atoms with Gasteiger partial charge in [0, 0.05) is 6.54 Å². The van der Waals surface area contributed by atoms with E-state index in [2.05, 4.69) is 0 Å². The van der Waals surface area contributed by atoms with Crippen molar-refractivity contribution < 1.29 is 4.79 Å². The van der Waals surface area contributed by atoms with E-state index in [1.165, 1.54) is 11.8 Å². The maximum absolute atomic E-state index is 11.9. The van der Waals surface area contributed by atoms with E-state index in [0.717, 1.165) is 5.56 Å². The lowest BCUT2D eigenvalue weighted by Gasteiger charge is -2.09. The molecule has 82 valence electrons. The van der Waals surface area contributed by atoms with Crippen molar-refractivity contribution >= 4 is 40.3 Å². The number of thioether (sulfide) groups is 1. The highest BCUT2D eigenvalue weighted by Gasteiger charge is 2.30. The zero-order chi connectivity index (χ0) is 11.5. The van der Waals surface area contributed by atoms with Crippen LogP contribution in [0.2, 0.25) is 0 Å². The number of carbonyl (C=O) groups is 1. The fraction of sp³-hybridized carbons (Fsp3) is 0.167. The minimum Gasteiger partial charge on any atom is -0.293 e. The standard InChI is InChI=1S/C12H11NOS2/c1-2-13-11(14)10(16-12(13)15)8-9-6-4-3-5-7-9/h3-8H,2H2,1H3/b10-8-. The summed E-state index contributed by atoms with van der Waals surface area (Å²) in [6.45, 7) is 2.56. The number of benzene rings is 1. The Bertz CT molecular complexity index is 453. The number of carbonyl (C=O) groups excluding carboxylic acids is 1. The van der Waals surface area contributed by atoms with Crippen molar-refractivity contribution in [2.75, 3.05) is 6.54 Å². The van der Waals surface area contributed by atoms with Crippen LogP contribution >= 0.6 is 24.0 Å². The summed E-state index contributed by atoms with van der Waals surface area (Å²) in [6, 6.07) is 9.80. The van der Waals surface area contributed by atoms with Crippen LogP contribution in [0.25, 0.3) is 6.08 Å². The number of likely N-dealkylation sites (N-methyl/N-ethyl adjacent to an activating group) is 1. The minimum atomic E-state index is 0.0151. The number of hydrogen-bond donors (Lipinski definition) is 0. The Balaban J connectivity index is 2.27. The van der Waals surface area contributed by atoms with Gasteiger partial charge in [0.25, 0.3) is 5.91 Å². The lowest BCUT2D eigenvalue weighted by atomic mass is 10.2. The van der Waals surface area contributed by atoms with Crippen LogP contribution in [0.3, 0.4) is 0 Å². The van der Waals surface area contributed by atoms with Crippen molar-refractivity contribution in [3.05, 3.63) is 40.8 Å². The van der Waals surface area contributed by atoms with E-state index in [0.29, 0.717) is 15.8 Å². The van der Waals surface area contributed by atoms with Crippen molar-refractivity contribution in [2.24, 2.45) is 0 Å². The van der Waals surface area contributed by atoms with Crippen molar-refractivity contribution in [1.29, 1.82) is 0 Å². The molecule has 2 rings (SSSR count).